The predicted molar refractivity (Wildman–Crippen MR) is 86.3 cm³/mol. The van der Waals surface area contributed by atoms with Gasteiger partial charge in [-0.3, -0.25) is 9.59 Å². The highest BCUT2D eigenvalue weighted by Crippen LogP contribution is 2.12. The zero-order valence-corrected chi connectivity index (χ0v) is 13.4. The first kappa shape index (κ1) is 16.5. The molecule has 1 aromatic carbocycles. The van der Waals surface area contributed by atoms with Crippen molar-refractivity contribution >= 4 is 11.8 Å². The lowest BCUT2D eigenvalue weighted by Gasteiger charge is -2.36. The monoisotopic (exact) mass is 303 g/mol. The fourth-order valence-corrected chi connectivity index (χ4v) is 2.67. The summed E-state index contributed by atoms with van der Waals surface area (Å²) >= 11 is 0. The van der Waals surface area contributed by atoms with Gasteiger partial charge in [0.2, 0.25) is 11.8 Å². The normalized spacial score (nSPS) is 16.5. The van der Waals surface area contributed by atoms with Crippen molar-refractivity contribution in [3.05, 3.63) is 35.4 Å². The minimum atomic E-state index is -0.144. The number of amides is 2. The number of rotatable bonds is 4. The summed E-state index contributed by atoms with van der Waals surface area (Å²) in [5, 5.41) is 0. The van der Waals surface area contributed by atoms with Crippen molar-refractivity contribution < 1.29 is 9.59 Å². The first-order valence-corrected chi connectivity index (χ1v) is 7.84. The molecule has 120 valence electrons. The van der Waals surface area contributed by atoms with Crippen LogP contribution in [0.25, 0.3) is 0 Å². The summed E-state index contributed by atoms with van der Waals surface area (Å²) in [6.07, 6.45) is 0.430. The maximum absolute atomic E-state index is 12.4. The van der Waals surface area contributed by atoms with Gasteiger partial charge in [-0.2, -0.15) is 0 Å². The third-order valence-electron chi connectivity index (χ3n) is 4.32. The lowest BCUT2D eigenvalue weighted by Crippen LogP contribution is -2.52. The van der Waals surface area contributed by atoms with E-state index in [9.17, 15) is 9.59 Å². The Labute approximate surface area is 132 Å². The van der Waals surface area contributed by atoms with Crippen molar-refractivity contribution in [3.8, 4) is 0 Å². The molecular weight excluding hydrogens is 278 g/mol. The van der Waals surface area contributed by atoms with E-state index in [4.69, 9.17) is 5.73 Å². The van der Waals surface area contributed by atoms with Gasteiger partial charge in [-0.25, -0.2) is 0 Å². The van der Waals surface area contributed by atoms with E-state index < -0.39 is 0 Å². The molecule has 1 aliphatic heterocycles. The second-order valence-corrected chi connectivity index (χ2v) is 5.95. The molecule has 0 aromatic heterocycles. The molecule has 22 heavy (non-hydrogen) atoms. The first-order valence-electron chi connectivity index (χ1n) is 7.84. The zero-order chi connectivity index (χ0) is 16.1. The Balaban J connectivity index is 1.88. The number of carbonyl (C=O) groups excluding carboxylic acids is 2. The van der Waals surface area contributed by atoms with Gasteiger partial charge in [0.25, 0.3) is 0 Å². The average Bonchev–Trinajstić information content (AvgIpc) is 2.55. The average molecular weight is 303 g/mol. The first-order chi connectivity index (χ1) is 10.5. The van der Waals surface area contributed by atoms with Crippen molar-refractivity contribution in [1.82, 2.24) is 9.80 Å². The highest BCUT2D eigenvalue weighted by molar-refractivity contribution is 5.81. The molecule has 1 atom stereocenters. The summed E-state index contributed by atoms with van der Waals surface area (Å²) in [4.78, 5) is 28.1. The molecule has 0 saturated carbocycles. The number of hydrogen-bond donors (Lipinski definition) is 1. The van der Waals surface area contributed by atoms with Crippen molar-refractivity contribution in [3.63, 3.8) is 0 Å². The lowest BCUT2D eigenvalue weighted by atomic mass is 10.0. The van der Waals surface area contributed by atoms with Crippen LogP contribution in [0.15, 0.2) is 24.3 Å². The fourth-order valence-electron chi connectivity index (χ4n) is 2.67. The molecule has 1 aliphatic rings. The van der Waals surface area contributed by atoms with Crippen molar-refractivity contribution in [2.24, 2.45) is 11.7 Å². The van der Waals surface area contributed by atoms with Crippen LogP contribution >= 0.6 is 0 Å². The maximum Gasteiger partial charge on any atom is 0.227 e. The molecule has 1 aromatic rings. The topological polar surface area (TPSA) is 66.6 Å². The van der Waals surface area contributed by atoms with Gasteiger partial charge >= 0.3 is 0 Å². The number of carbonyl (C=O) groups is 2. The number of nitrogens with two attached hydrogens (primary N) is 1. The van der Waals surface area contributed by atoms with Gasteiger partial charge in [0.1, 0.15) is 0 Å². The zero-order valence-electron chi connectivity index (χ0n) is 13.4. The predicted octanol–water partition coefficient (Wildman–Crippen LogP) is 0.803. The molecular formula is C17H25N3O2. The molecule has 2 N–H and O–H groups in total. The van der Waals surface area contributed by atoms with Gasteiger partial charge in [0, 0.05) is 38.6 Å². The number of benzene rings is 1. The van der Waals surface area contributed by atoms with Crippen LogP contribution in [-0.2, 0) is 16.0 Å². The van der Waals surface area contributed by atoms with Crippen molar-refractivity contribution in [2.75, 3.05) is 32.7 Å². The van der Waals surface area contributed by atoms with Gasteiger partial charge in [-0.05, 0) is 18.1 Å². The maximum atomic E-state index is 12.4. The highest BCUT2D eigenvalue weighted by atomic mass is 16.2. The Hall–Kier alpha value is -1.88. The lowest BCUT2D eigenvalue weighted by molar-refractivity contribution is -0.141. The Bertz CT molecular complexity index is 536. The molecule has 1 unspecified atom stereocenters. The third kappa shape index (κ3) is 3.85. The third-order valence-corrected chi connectivity index (χ3v) is 4.32. The summed E-state index contributed by atoms with van der Waals surface area (Å²) in [5.74, 6) is 0.0796. The summed E-state index contributed by atoms with van der Waals surface area (Å²) in [6.45, 7) is 6.64. The molecule has 2 rings (SSSR count). The van der Waals surface area contributed by atoms with Crippen LogP contribution in [0, 0.1) is 12.8 Å². The van der Waals surface area contributed by atoms with Crippen LogP contribution in [0.5, 0.6) is 0 Å². The van der Waals surface area contributed by atoms with E-state index in [1.807, 2.05) is 47.9 Å². The van der Waals surface area contributed by atoms with E-state index in [-0.39, 0.29) is 17.7 Å². The van der Waals surface area contributed by atoms with Crippen LogP contribution in [0.4, 0.5) is 0 Å². The smallest absolute Gasteiger partial charge is 0.227 e. The SMILES string of the molecule is Cc1ccccc1CC(=O)N1CCN(C(=O)C(C)CN)CC1. The van der Waals surface area contributed by atoms with Gasteiger partial charge in [0.05, 0.1) is 6.42 Å². The second kappa shape index (κ2) is 7.40. The molecule has 2 amide bonds. The molecule has 1 saturated heterocycles. The summed E-state index contributed by atoms with van der Waals surface area (Å²) < 4.78 is 0. The van der Waals surface area contributed by atoms with Gasteiger partial charge < -0.3 is 15.5 Å². The Morgan fingerprint density at radius 3 is 2.32 bits per heavy atom. The van der Waals surface area contributed by atoms with Crippen LogP contribution in [0.1, 0.15) is 18.1 Å². The van der Waals surface area contributed by atoms with E-state index in [1.54, 1.807) is 0 Å². The Morgan fingerprint density at radius 2 is 1.73 bits per heavy atom. The van der Waals surface area contributed by atoms with Crippen LogP contribution in [0.2, 0.25) is 0 Å². The molecule has 5 nitrogen and oxygen atoms in total. The standard InChI is InChI=1S/C17H25N3O2/c1-13-5-3-4-6-15(13)11-16(21)19-7-9-20(10-8-19)17(22)14(2)12-18/h3-6,14H,7-12,18H2,1-2H3. The number of piperazine rings is 1. The van der Waals surface area contributed by atoms with E-state index in [2.05, 4.69) is 0 Å². The van der Waals surface area contributed by atoms with E-state index in [0.717, 1.165) is 11.1 Å². The number of aryl methyl sites for hydroxylation is 1. The molecule has 1 fully saturated rings. The van der Waals surface area contributed by atoms with Crippen LogP contribution < -0.4 is 5.73 Å². The minimum Gasteiger partial charge on any atom is -0.339 e. The second-order valence-electron chi connectivity index (χ2n) is 5.95. The largest absolute Gasteiger partial charge is 0.339 e. The molecule has 1 heterocycles. The molecule has 0 aliphatic carbocycles. The Kier molecular flexibility index (Phi) is 5.55. The summed E-state index contributed by atoms with van der Waals surface area (Å²) in [6, 6.07) is 7.95. The van der Waals surface area contributed by atoms with Gasteiger partial charge in [-0.15, -0.1) is 0 Å². The van der Waals surface area contributed by atoms with Crippen LogP contribution in [-0.4, -0.2) is 54.3 Å². The van der Waals surface area contributed by atoms with E-state index >= 15 is 0 Å². The van der Waals surface area contributed by atoms with Gasteiger partial charge in [-0.1, -0.05) is 31.2 Å². The van der Waals surface area contributed by atoms with E-state index in [0.29, 0.717) is 39.1 Å². The molecule has 5 heteroatoms. The quantitative estimate of drug-likeness (QED) is 0.895. The number of hydrogen-bond acceptors (Lipinski definition) is 3. The van der Waals surface area contributed by atoms with Crippen molar-refractivity contribution in [1.29, 1.82) is 0 Å². The molecule has 0 radical (unpaired) electrons. The molecule has 0 spiro atoms. The minimum absolute atomic E-state index is 0.0912. The number of nitrogens with zero attached hydrogens (tertiary/aromatic N) is 2. The highest BCUT2D eigenvalue weighted by Gasteiger charge is 2.26. The summed E-state index contributed by atoms with van der Waals surface area (Å²) in [7, 11) is 0. The molecule has 0 bridgehead atoms. The van der Waals surface area contributed by atoms with Crippen LogP contribution in [0.3, 0.4) is 0 Å². The Morgan fingerprint density at radius 1 is 1.14 bits per heavy atom. The van der Waals surface area contributed by atoms with Crippen molar-refractivity contribution in [2.45, 2.75) is 20.3 Å². The fraction of sp³-hybridized carbons (Fsp3) is 0.529. The van der Waals surface area contributed by atoms with Gasteiger partial charge in [0.15, 0.2) is 0 Å². The van der Waals surface area contributed by atoms with E-state index in [1.165, 1.54) is 0 Å². The summed E-state index contributed by atoms with van der Waals surface area (Å²) in [5.41, 5.74) is 7.76.